The summed E-state index contributed by atoms with van der Waals surface area (Å²) in [6.07, 6.45) is -5.80. The second-order valence-corrected chi connectivity index (χ2v) is 10.8. The van der Waals surface area contributed by atoms with Crippen molar-refractivity contribution < 1.29 is 41.0 Å². The van der Waals surface area contributed by atoms with Gasteiger partial charge in [0.15, 0.2) is 0 Å². The molecule has 11 nitrogen and oxygen atoms in total. The fraction of sp³-hybridized carbons (Fsp3) is 0.320. The second kappa shape index (κ2) is 11.1. The van der Waals surface area contributed by atoms with Crippen molar-refractivity contribution in [3.05, 3.63) is 65.5 Å². The van der Waals surface area contributed by atoms with Gasteiger partial charge in [-0.25, -0.2) is 13.2 Å². The molecule has 0 saturated carbocycles. The summed E-state index contributed by atoms with van der Waals surface area (Å²) in [5.74, 6) is -0.437. The molecule has 40 heavy (non-hydrogen) atoms. The van der Waals surface area contributed by atoms with Gasteiger partial charge < -0.3 is 15.2 Å². The molecule has 4 rings (SSSR count). The Morgan fingerprint density at radius 1 is 1.20 bits per heavy atom. The van der Waals surface area contributed by atoms with Crippen LogP contribution in [0, 0.1) is 6.92 Å². The van der Waals surface area contributed by atoms with E-state index < -0.39 is 51.3 Å². The van der Waals surface area contributed by atoms with Crippen molar-refractivity contribution in [1.82, 2.24) is 15.1 Å². The average Bonchev–Trinajstić information content (AvgIpc) is 3.25. The number of halogens is 3. The number of carbonyl (C=O) groups excluding carboxylic acids is 1. The van der Waals surface area contributed by atoms with Gasteiger partial charge in [-0.3, -0.25) is 19.1 Å². The molecular weight excluding hydrogens is 555 g/mol. The van der Waals surface area contributed by atoms with Crippen LogP contribution in [0.15, 0.2) is 53.6 Å². The number of nitrogens with zero attached hydrogens (tertiary/aromatic N) is 3. The summed E-state index contributed by atoms with van der Waals surface area (Å²) in [7, 11) is -4.60. The first-order valence-electron chi connectivity index (χ1n) is 12.1. The lowest BCUT2D eigenvalue weighted by atomic mass is 10.1. The molecule has 214 valence electrons. The van der Waals surface area contributed by atoms with Crippen molar-refractivity contribution in [2.75, 3.05) is 16.2 Å². The Balaban J connectivity index is 1.62. The first kappa shape index (κ1) is 28.7. The summed E-state index contributed by atoms with van der Waals surface area (Å²) in [4.78, 5) is 23.2. The minimum absolute atomic E-state index is 0.00982. The van der Waals surface area contributed by atoms with E-state index in [2.05, 4.69) is 15.7 Å². The van der Waals surface area contributed by atoms with Crippen molar-refractivity contribution in [1.29, 1.82) is 0 Å². The Labute approximate surface area is 227 Å². The van der Waals surface area contributed by atoms with Crippen LogP contribution in [-0.4, -0.2) is 48.0 Å². The van der Waals surface area contributed by atoms with Gasteiger partial charge in [-0.2, -0.15) is 18.3 Å². The first-order chi connectivity index (χ1) is 18.8. The lowest BCUT2D eigenvalue weighted by molar-refractivity contribution is -0.137. The van der Waals surface area contributed by atoms with Crippen LogP contribution in [-0.2, 0) is 34.1 Å². The molecule has 2 heterocycles. The zero-order chi connectivity index (χ0) is 29.2. The number of amides is 2. The highest BCUT2D eigenvalue weighted by Gasteiger charge is 2.37. The van der Waals surface area contributed by atoms with Crippen molar-refractivity contribution in [3.8, 4) is 5.75 Å². The van der Waals surface area contributed by atoms with Crippen LogP contribution in [0.25, 0.3) is 0 Å². The van der Waals surface area contributed by atoms with Crippen molar-refractivity contribution in [3.63, 3.8) is 0 Å². The van der Waals surface area contributed by atoms with Crippen LogP contribution in [0.3, 0.4) is 0 Å². The number of sulfonamides is 1. The molecular formula is C25H26F3N5O6S. The number of aromatic nitrogens is 2. The molecule has 1 aromatic heterocycles. The summed E-state index contributed by atoms with van der Waals surface area (Å²) >= 11 is 0. The molecule has 2 aromatic carbocycles. The van der Waals surface area contributed by atoms with Crippen LogP contribution in [0.1, 0.15) is 30.2 Å². The first-order valence-corrected chi connectivity index (χ1v) is 13.5. The Hall–Kier alpha value is -4.27. The van der Waals surface area contributed by atoms with Crippen LogP contribution in [0.2, 0.25) is 0 Å². The van der Waals surface area contributed by atoms with Crippen LogP contribution >= 0.6 is 0 Å². The molecule has 0 fully saturated rings. The maximum atomic E-state index is 13.6. The highest BCUT2D eigenvalue weighted by atomic mass is 32.2. The largest absolute Gasteiger partial charge is 0.486 e. The second-order valence-electron chi connectivity index (χ2n) is 8.97. The third-order valence-electron chi connectivity index (χ3n) is 6.28. The predicted molar refractivity (Wildman–Crippen MR) is 138 cm³/mol. The maximum Gasteiger partial charge on any atom is 0.416 e. The standard InChI is InChI=1S/C25H26F3N5O6S/c1-3-32-15(2)16(13-30-32)12-29-23(34)11-19-14-33(21-10-18(31-24(35)36)7-8-22(21)39-19)40(37,38)20-6-4-5-17(9-20)25(26,27)28/h4-10,13,19,31H,3,11-12,14H2,1-2H3,(H,29,34)(H,35,36). The number of rotatable bonds is 8. The monoisotopic (exact) mass is 581 g/mol. The molecule has 15 heteroatoms. The van der Waals surface area contributed by atoms with E-state index in [9.17, 15) is 31.2 Å². The van der Waals surface area contributed by atoms with Gasteiger partial charge in [0.25, 0.3) is 10.0 Å². The molecule has 3 aromatic rings. The van der Waals surface area contributed by atoms with Crippen LogP contribution < -0.4 is 19.7 Å². The molecule has 0 spiro atoms. The van der Waals surface area contributed by atoms with E-state index in [0.717, 1.165) is 33.8 Å². The quantitative estimate of drug-likeness (QED) is 0.365. The molecule has 1 atom stereocenters. The topological polar surface area (TPSA) is 143 Å². The summed E-state index contributed by atoms with van der Waals surface area (Å²) in [5, 5.41) is 18.1. The smallest absolute Gasteiger partial charge is 0.416 e. The Kier molecular flexibility index (Phi) is 7.95. The van der Waals surface area contributed by atoms with E-state index in [1.807, 2.05) is 13.8 Å². The third-order valence-corrected chi connectivity index (χ3v) is 8.06. The predicted octanol–water partition coefficient (Wildman–Crippen LogP) is 3.98. The highest BCUT2D eigenvalue weighted by Crippen LogP contribution is 2.40. The number of hydrogen-bond acceptors (Lipinski definition) is 6. The molecule has 0 radical (unpaired) electrons. The van der Waals surface area contributed by atoms with Crippen molar-refractivity contribution in [2.45, 2.75) is 50.5 Å². The van der Waals surface area contributed by atoms with Crippen molar-refractivity contribution in [2.24, 2.45) is 0 Å². The number of aryl methyl sites for hydroxylation is 1. The van der Waals surface area contributed by atoms with E-state index in [-0.39, 0.29) is 30.1 Å². The number of alkyl halides is 3. The van der Waals surface area contributed by atoms with Gasteiger partial charge in [-0.1, -0.05) is 6.07 Å². The molecule has 0 saturated heterocycles. The van der Waals surface area contributed by atoms with E-state index in [1.54, 1.807) is 10.9 Å². The van der Waals surface area contributed by atoms with Crippen LogP contribution in [0.4, 0.5) is 29.3 Å². The molecule has 0 bridgehead atoms. The summed E-state index contributed by atoms with van der Waals surface area (Å²) in [6, 6.07) is 7.12. The lowest BCUT2D eigenvalue weighted by Gasteiger charge is -2.35. The summed E-state index contributed by atoms with van der Waals surface area (Å²) in [6.45, 7) is 4.23. The molecule has 1 unspecified atom stereocenters. The number of benzene rings is 2. The van der Waals surface area contributed by atoms with Crippen molar-refractivity contribution >= 4 is 33.4 Å². The van der Waals surface area contributed by atoms with Gasteiger partial charge in [0, 0.05) is 30.0 Å². The number of carboxylic acid groups (broad SMARTS) is 1. The number of hydrogen-bond donors (Lipinski definition) is 3. The van der Waals surface area contributed by atoms with Gasteiger partial charge >= 0.3 is 12.3 Å². The minimum Gasteiger partial charge on any atom is -0.486 e. The number of fused-ring (bicyclic) bond motifs is 1. The number of anilines is 2. The zero-order valence-corrected chi connectivity index (χ0v) is 22.2. The molecule has 1 aliphatic rings. The van der Waals surface area contributed by atoms with E-state index in [1.165, 1.54) is 18.2 Å². The maximum absolute atomic E-state index is 13.6. The minimum atomic E-state index is -4.78. The number of carbonyl (C=O) groups is 2. The van der Waals surface area contributed by atoms with Crippen LogP contribution in [0.5, 0.6) is 5.75 Å². The summed E-state index contributed by atoms with van der Waals surface area (Å²) < 4.78 is 75.7. The number of nitrogens with one attached hydrogen (secondary N) is 2. The molecule has 0 aliphatic carbocycles. The average molecular weight is 582 g/mol. The van der Waals surface area contributed by atoms with E-state index in [0.29, 0.717) is 12.6 Å². The summed E-state index contributed by atoms with van der Waals surface area (Å²) in [5.41, 5.74) is 0.453. The third kappa shape index (κ3) is 6.14. The van der Waals surface area contributed by atoms with Gasteiger partial charge in [0.2, 0.25) is 5.91 Å². The van der Waals surface area contributed by atoms with E-state index in [4.69, 9.17) is 9.84 Å². The SMILES string of the molecule is CCn1ncc(CNC(=O)CC2CN(S(=O)(=O)c3cccc(C(F)(F)F)c3)c3cc(NC(=O)O)ccc3O2)c1C. The Bertz CT molecular complexity index is 1540. The fourth-order valence-electron chi connectivity index (χ4n) is 4.26. The normalized spacial score (nSPS) is 15.2. The Morgan fingerprint density at radius 2 is 1.95 bits per heavy atom. The number of ether oxygens (including phenoxy) is 1. The molecule has 3 N–H and O–H groups in total. The van der Waals surface area contributed by atoms with Gasteiger partial charge in [0.05, 0.1) is 35.3 Å². The fourth-order valence-corrected chi connectivity index (χ4v) is 5.80. The van der Waals surface area contributed by atoms with E-state index >= 15 is 0 Å². The zero-order valence-electron chi connectivity index (χ0n) is 21.4. The van der Waals surface area contributed by atoms with Gasteiger partial charge in [-0.15, -0.1) is 0 Å². The molecule has 1 aliphatic heterocycles. The lowest BCUT2D eigenvalue weighted by Crippen LogP contribution is -2.45. The molecule has 2 amide bonds. The highest BCUT2D eigenvalue weighted by molar-refractivity contribution is 7.92. The van der Waals surface area contributed by atoms with Gasteiger partial charge in [-0.05, 0) is 50.2 Å². The Morgan fingerprint density at radius 3 is 2.60 bits per heavy atom. The van der Waals surface area contributed by atoms with Gasteiger partial charge in [0.1, 0.15) is 11.9 Å².